The lowest BCUT2D eigenvalue weighted by Crippen LogP contribution is -2.44. The standard InChI is InChI=1S/C10H13NO2/c1-7-8(10(13)9(7)12)11-5-3-2-4-6-11/h2-6H2,1H3. The minimum Gasteiger partial charge on any atom is -0.368 e. The van der Waals surface area contributed by atoms with Crippen LogP contribution in [0.3, 0.4) is 0 Å². The van der Waals surface area contributed by atoms with E-state index in [9.17, 15) is 9.59 Å². The molecule has 1 aliphatic rings. The van der Waals surface area contributed by atoms with E-state index >= 15 is 0 Å². The van der Waals surface area contributed by atoms with Crippen molar-refractivity contribution in [2.75, 3.05) is 18.0 Å². The predicted octanol–water partition coefficient (Wildman–Crippen LogP) is 0.581. The van der Waals surface area contributed by atoms with E-state index in [0.29, 0.717) is 11.3 Å². The van der Waals surface area contributed by atoms with Crippen LogP contribution in [0.15, 0.2) is 9.59 Å². The molecule has 2 rings (SSSR count). The Morgan fingerprint density at radius 1 is 1.00 bits per heavy atom. The van der Waals surface area contributed by atoms with Crippen molar-refractivity contribution < 1.29 is 0 Å². The Bertz CT molecular complexity index is 381. The third-order valence-electron chi connectivity index (χ3n) is 2.79. The van der Waals surface area contributed by atoms with E-state index < -0.39 is 0 Å². The molecule has 3 nitrogen and oxygen atoms in total. The van der Waals surface area contributed by atoms with Crippen LogP contribution in [0, 0.1) is 6.92 Å². The second kappa shape index (κ2) is 2.98. The van der Waals surface area contributed by atoms with Crippen LogP contribution in [-0.2, 0) is 0 Å². The summed E-state index contributed by atoms with van der Waals surface area (Å²) in [6, 6.07) is 0. The molecule has 1 fully saturated rings. The highest BCUT2D eigenvalue weighted by Gasteiger charge is 2.23. The van der Waals surface area contributed by atoms with E-state index in [1.165, 1.54) is 6.42 Å². The Labute approximate surface area is 76.7 Å². The molecule has 1 heterocycles. The first-order valence-electron chi connectivity index (χ1n) is 4.76. The molecular weight excluding hydrogens is 166 g/mol. The maximum Gasteiger partial charge on any atom is 0.249 e. The molecule has 0 amide bonds. The number of hydrogen-bond donors (Lipinski definition) is 0. The number of piperidine rings is 1. The van der Waals surface area contributed by atoms with E-state index in [1.54, 1.807) is 6.92 Å². The Balaban J connectivity index is 2.26. The third kappa shape index (κ3) is 1.19. The van der Waals surface area contributed by atoms with E-state index in [4.69, 9.17) is 0 Å². The summed E-state index contributed by atoms with van der Waals surface area (Å²) in [6.07, 6.45) is 3.52. The van der Waals surface area contributed by atoms with Crippen LogP contribution >= 0.6 is 0 Å². The number of rotatable bonds is 1. The molecule has 0 atom stereocenters. The second-order valence-electron chi connectivity index (χ2n) is 3.68. The highest BCUT2D eigenvalue weighted by molar-refractivity contribution is 5.58. The molecule has 0 saturated carbocycles. The van der Waals surface area contributed by atoms with Crippen molar-refractivity contribution >= 4 is 5.69 Å². The molecule has 0 unspecified atom stereocenters. The Kier molecular flexibility index (Phi) is 1.94. The molecule has 1 aliphatic heterocycles. The van der Waals surface area contributed by atoms with Crippen molar-refractivity contribution in [2.24, 2.45) is 0 Å². The highest BCUT2D eigenvalue weighted by atomic mass is 16.2. The second-order valence-corrected chi connectivity index (χ2v) is 3.68. The molecule has 0 radical (unpaired) electrons. The van der Waals surface area contributed by atoms with Crippen molar-refractivity contribution in [3.63, 3.8) is 0 Å². The smallest absolute Gasteiger partial charge is 0.249 e. The quantitative estimate of drug-likeness (QED) is 0.592. The average Bonchev–Trinajstić information content (AvgIpc) is 2.19. The van der Waals surface area contributed by atoms with Gasteiger partial charge in [-0.15, -0.1) is 0 Å². The first kappa shape index (κ1) is 8.48. The zero-order valence-electron chi connectivity index (χ0n) is 7.80. The number of hydrogen-bond acceptors (Lipinski definition) is 3. The zero-order chi connectivity index (χ0) is 9.42. The number of anilines is 1. The molecular formula is C10H13NO2. The van der Waals surface area contributed by atoms with Gasteiger partial charge in [0.1, 0.15) is 0 Å². The van der Waals surface area contributed by atoms with E-state index in [2.05, 4.69) is 4.90 Å². The molecule has 0 aliphatic carbocycles. The molecule has 0 N–H and O–H groups in total. The number of nitrogens with zero attached hydrogens (tertiary/aromatic N) is 1. The minimum absolute atomic E-state index is 0.278. The molecule has 1 aromatic carbocycles. The van der Waals surface area contributed by atoms with Gasteiger partial charge in [0.25, 0.3) is 0 Å². The summed E-state index contributed by atoms with van der Waals surface area (Å²) in [5.41, 5.74) is 0.775. The fraction of sp³-hybridized carbons (Fsp3) is 0.600. The van der Waals surface area contributed by atoms with Crippen LogP contribution in [0.5, 0.6) is 0 Å². The SMILES string of the molecule is Cc1c(N2CCCCC2)c(=O)c1=O. The predicted molar refractivity (Wildman–Crippen MR) is 52.2 cm³/mol. The summed E-state index contributed by atoms with van der Waals surface area (Å²) in [7, 11) is 0. The van der Waals surface area contributed by atoms with Gasteiger partial charge in [0.15, 0.2) is 0 Å². The van der Waals surface area contributed by atoms with Gasteiger partial charge in [-0.25, -0.2) is 0 Å². The van der Waals surface area contributed by atoms with Crippen LogP contribution in [0.4, 0.5) is 5.69 Å². The van der Waals surface area contributed by atoms with Crippen LogP contribution in [-0.4, -0.2) is 13.1 Å². The van der Waals surface area contributed by atoms with Gasteiger partial charge < -0.3 is 4.90 Å². The molecule has 1 aromatic rings. The lowest BCUT2D eigenvalue weighted by atomic mass is 10.0. The first-order valence-corrected chi connectivity index (χ1v) is 4.76. The molecule has 0 aromatic heterocycles. The van der Waals surface area contributed by atoms with E-state index in [1.807, 2.05) is 0 Å². The van der Waals surface area contributed by atoms with Gasteiger partial charge >= 0.3 is 0 Å². The maximum atomic E-state index is 11.2. The highest BCUT2D eigenvalue weighted by Crippen LogP contribution is 2.18. The molecule has 1 saturated heterocycles. The lowest BCUT2D eigenvalue weighted by Gasteiger charge is -2.30. The lowest BCUT2D eigenvalue weighted by molar-refractivity contribution is 0.574. The van der Waals surface area contributed by atoms with Gasteiger partial charge in [-0.3, -0.25) is 9.59 Å². The zero-order valence-corrected chi connectivity index (χ0v) is 7.80. The molecule has 13 heavy (non-hydrogen) atoms. The van der Waals surface area contributed by atoms with Crippen LogP contribution in [0.25, 0.3) is 0 Å². The maximum absolute atomic E-state index is 11.2. The molecule has 0 bridgehead atoms. The first-order chi connectivity index (χ1) is 6.22. The summed E-state index contributed by atoms with van der Waals surface area (Å²) >= 11 is 0. The third-order valence-corrected chi connectivity index (χ3v) is 2.79. The van der Waals surface area contributed by atoms with Crippen LogP contribution in [0.1, 0.15) is 24.8 Å². The summed E-state index contributed by atoms with van der Waals surface area (Å²) < 4.78 is 0. The molecule has 0 spiro atoms. The summed E-state index contributed by atoms with van der Waals surface area (Å²) in [6.45, 7) is 3.62. The van der Waals surface area contributed by atoms with Gasteiger partial charge in [-0.1, -0.05) is 0 Å². The van der Waals surface area contributed by atoms with Crippen LogP contribution < -0.4 is 15.8 Å². The van der Waals surface area contributed by atoms with Crippen molar-refractivity contribution in [3.05, 3.63) is 26.0 Å². The van der Waals surface area contributed by atoms with E-state index in [-0.39, 0.29) is 10.9 Å². The Hall–Kier alpha value is -1.12. The topological polar surface area (TPSA) is 37.4 Å². The van der Waals surface area contributed by atoms with Gasteiger partial charge in [-0.2, -0.15) is 0 Å². The fourth-order valence-electron chi connectivity index (χ4n) is 1.99. The largest absolute Gasteiger partial charge is 0.368 e. The normalized spacial score (nSPS) is 18.1. The summed E-state index contributed by atoms with van der Waals surface area (Å²) in [5, 5.41) is 0. The summed E-state index contributed by atoms with van der Waals surface area (Å²) in [5.74, 6) is 0. The van der Waals surface area contributed by atoms with Crippen molar-refractivity contribution in [1.29, 1.82) is 0 Å². The van der Waals surface area contributed by atoms with Gasteiger partial charge in [0.2, 0.25) is 10.9 Å². The van der Waals surface area contributed by atoms with Crippen molar-refractivity contribution in [2.45, 2.75) is 26.2 Å². The minimum atomic E-state index is -0.291. The Morgan fingerprint density at radius 2 is 1.62 bits per heavy atom. The van der Waals surface area contributed by atoms with Gasteiger partial charge in [0, 0.05) is 18.7 Å². The average molecular weight is 179 g/mol. The van der Waals surface area contributed by atoms with Gasteiger partial charge in [-0.05, 0) is 26.2 Å². The van der Waals surface area contributed by atoms with Crippen molar-refractivity contribution in [1.82, 2.24) is 0 Å². The van der Waals surface area contributed by atoms with Gasteiger partial charge in [0.05, 0.1) is 5.69 Å². The van der Waals surface area contributed by atoms with Crippen molar-refractivity contribution in [3.8, 4) is 0 Å². The Morgan fingerprint density at radius 3 is 2.15 bits per heavy atom. The monoisotopic (exact) mass is 179 g/mol. The summed E-state index contributed by atoms with van der Waals surface area (Å²) in [4.78, 5) is 24.3. The molecule has 3 heteroatoms. The molecule has 70 valence electrons. The van der Waals surface area contributed by atoms with Crippen LogP contribution in [0.2, 0.25) is 0 Å². The fourth-order valence-corrected chi connectivity index (χ4v) is 1.99. The van der Waals surface area contributed by atoms with E-state index in [0.717, 1.165) is 25.9 Å².